The van der Waals surface area contributed by atoms with Crippen LogP contribution in [0.15, 0.2) is 24.3 Å². The smallest absolute Gasteiger partial charge is 0.317 e. The molecule has 2 saturated heterocycles. The monoisotopic (exact) mass is 331 g/mol. The molecule has 0 aromatic heterocycles. The van der Waals surface area contributed by atoms with Gasteiger partial charge in [-0.25, -0.2) is 4.79 Å². The lowest BCUT2D eigenvalue weighted by atomic mass is 10.1. The Balaban J connectivity index is 1.56. The van der Waals surface area contributed by atoms with E-state index in [1.54, 1.807) is 0 Å². The number of rotatable bonds is 4. The molecule has 5 nitrogen and oxygen atoms in total. The summed E-state index contributed by atoms with van der Waals surface area (Å²) in [7, 11) is 0. The summed E-state index contributed by atoms with van der Waals surface area (Å²) in [4.78, 5) is 16.8. The van der Waals surface area contributed by atoms with E-state index >= 15 is 0 Å². The highest BCUT2D eigenvalue weighted by molar-refractivity contribution is 5.74. The summed E-state index contributed by atoms with van der Waals surface area (Å²) in [6, 6.07) is 8.44. The molecular weight excluding hydrogens is 302 g/mol. The number of benzene rings is 1. The van der Waals surface area contributed by atoms with Crippen molar-refractivity contribution in [2.24, 2.45) is 0 Å². The Morgan fingerprint density at radius 3 is 2.42 bits per heavy atom. The first-order chi connectivity index (χ1) is 11.6. The molecule has 0 unspecified atom stereocenters. The summed E-state index contributed by atoms with van der Waals surface area (Å²) >= 11 is 0. The minimum Gasteiger partial charge on any atom is -0.372 e. The first-order valence-corrected chi connectivity index (χ1v) is 9.09. The fraction of sp³-hybridized carbons (Fsp3) is 0.632. The number of carbonyl (C=O) groups is 1. The lowest BCUT2D eigenvalue weighted by Gasteiger charge is -2.35. The highest BCUT2D eigenvalue weighted by Gasteiger charge is 2.25. The molecule has 2 amide bonds. The minimum atomic E-state index is 0.00738. The number of morpholine rings is 1. The molecule has 1 N–H and O–H groups in total. The van der Waals surface area contributed by atoms with Crippen LogP contribution in [-0.4, -0.2) is 54.2 Å². The number of nitrogens with zero attached hydrogens (tertiary/aromatic N) is 2. The Labute approximate surface area is 145 Å². The number of hydrogen-bond acceptors (Lipinski definition) is 3. The third kappa shape index (κ3) is 4.48. The molecular formula is C19H29N3O2. The van der Waals surface area contributed by atoms with Crippen molar-refractivity contribution in [1.82, 2.24) is 15.1 Å². The normalized spacial score (nSPS) is 25.0. The third-order valence-electron chi connectivity index (χ3n) is 4.85. The third-order valence-corrected chi connectivity index (χ3v) is 4.85. The summed E-state index contributed by atoms with van der Waals surface area (Å²) < 4.78 is 5.70. The van der Waals surface area contributed by atoms with E-state index in [-0.39, 0.29) is 18.2 Å². The molecule has 2 atom stereocenters. The molecule has 2 fully saturated rings. The van der Waals surface area contributed by atoms with Crippen molar-refractivity contribution >= 4 is 6.03 Å². The topological polar surface area (TPSA) is 44.8 Å². The largest absolute Gasteiger partial charge is 0.372 e. The standard InChI is InChI=1S/C19H29N3O2/c1-15-12-22(13-16(2)24-15)19(23)20-11-17-7-3-4-8-18(17)14-21-9-5-6-10-21/h3-4,7-8,15-16H,5-6,9-14H2,1-2H3,(H,20,23)/t15-,16-/m0/s1. The van der Waals surface area contributed by atoms with E-state index in [9.17, 15) is 4.79 Å². The van der Waals surface area contributed by atoms with Gasteiger partial charge in [0, 0.05) is 26.2 Å². The average Bonchev–Trinajstić information content (AvgIpc) is 3.06. The predicted octanol–water partition coefficient (Wildman–Crippen LogP) is 2.60. The van der Waals surface area contributed by atoms with Crippen molar-refractivity contribution in [3.63, 3.8) is 0 Å². The molecule has 0 saturated carbocycles. The van der Waals surface area contributed by atoms with Gasteiger partial charge in [0.1, 0.15) is 0 Å². The lowest BCUT2D eigenvalue weighted by molar-refractivity contribution is -0.0545. The van der Waals surface area contributed by atoms with Crippen LogP contribution < -0.4 is 5.32 Å². The van der Waals surface area contributed by atoms with Gasteiger partial charge >= 0.3 is 6.03 Å². The van der Waals surface area contributed by atoms with Gasteiger partial charge in [0.25, 0.3) is 0 Å². The Morgan fingerprint density at radius 2 is 1.75 bits per heavy atom. The average molecular weight is 331 g/mol. The van der Waals surface area contributed by atoms with Gasteiger partial charge in [-0.2, -0.15) is 0 Å². The van der Waals surface area contributed by atoms with Gasteiger partial charge in [0.05, 0.1) is 12.2 Å². The molecule has 1 aromatic rings. The summed E-state index contributed by atoms with van der Waals surface area (Å²) in [6.45, 7) is 9.29. The van der Waals surface area contributed by atoms with Crippen molar-refractivity contribution in [3.8, 4) is 0 Å². The molecule has 24 heavy (non-hydrogen) atoms. The zero-order valence-corrected chi connectivity index (χ0v) is 14.8. The van der Waals surface area contributed by atoms with Gasteiger partial charge in [0.15, 0.2) is 0 Å². The van der Waals surface area contributed by atoms with E-state index in [1.807, 2.05) is 24.8 Å². The SMILES string of the molecule is C[C@H]1CN(C(=O)NCc2ccccc2CN2CCCC2)C[C@H](C)O1. The number of amides is 2. The zero-order chi connectivity index (χ0) is 16.9. The van der Waals surface area contributed by atoms with Crippen molar-refractivity contribution in [2.75, 3.05) is 26.2 Å². The van der Waals surface area contributed by atoms with Gasteiger partial charge in [0.2, 0.25) is 0 Å². The highest BCUT2D eigenvalue weighted by atomic mass is 16.5. The van der Waals surface area contributed by atoms with Gasteiger partial charge < -0.3 is 15.0 Å². The van der Waals surface area contributed by atoms with Crippen LogP contribution >= 0.6 is 0 Å². The van der Waals surface area contributed by atoms with Crippen LogP contribution in [0, 0.1) is 0 Å². The van der Waals surface area contributed by atoms with E-state index < -0.39 is 0 Å². The Hall–Kier alpha value is -1.59. The molecule has 0 aliphatic carbocycles. The summed E-state index contributed by atoms with van der Waals surface area (Å²) in [5, 5.41) is 3.09. The van der Waals surface area contributed by atoms with Gasteiger partial charge in [-0.1, -0.05) is 24.3 Å². The maximum atomic E-state index is 12.5. The van der Waals surface area contributed by atoms with Gasteiger partial charge in [-0.3, -0.25) is 4.90 Å². The Bertz CT molecular complexity index is 547. The zero-order valence-electron chi connectivity index (χ0n) is 14.8. The van der Waals surface area contributed by atoms with Crippen LogP contribution in [0.3, 0.4) is 0 Å². The molecule has 5 heteroatoms. The van der Waals surface area contributed by atoms with Crippen LogP contribution in [0.5, 0.6) is 0 Å². The molecule has 2 heterocycles. The fourth-order valence-electron chi connectivity index (χ4n) is 3.69. The summed E-state index contributed by atoms with van der Waals surface area (Å²) in [5.41, 5.74) is 2.54. The number of urea groups is 1. The second-order valence-corrected chi connectivity index (χ2v) is 7.07. The number of hydrogen-bond donors (Lipinski definition) is 1. The van der Waals surface area contributed by atoms with Crippen LogP contribution in [0.25, 0.3) is 0 Å². The molecule has 2 aliphatic heterocycles. The van der Waals surface area contributed by atoms with Crippen molar-refractivity contribution < 1.29 is 9.53 Å². The number of likely N-dealkylation sites (tertiary alicyclic amines) is 1. The van der Waals surface area contributed by atoms with Crippen LogP contribution in [0.4, 0.5) is 4.79 Å². The van der Waals surface area contributed by atoms with E-state index in [0.717, 1.165) is 6.54 Å². The van der Waals surface area contributed by atoms with Crippen LogP contribution in [0.2, 0.25) is 0 Å². The first kappa shape index (κ1) is 17.2. The number of nitrogens with one attached hydrogen (secondary N) is 1. The van der Waals surface area contributed by atoms with Crippen molar-refractivity contribution in [2.45, 2.75) is 52.0 Å². The van der Waals surface area contributed by atoms with Crippen molar-refractivity contribution in [1.29, 1.82) is 0 Å². The van der Waals surface area contributed by atoms with Crippen LogP contribution in [0.1, 0.15) is 37.8 Å². The second kappa shape index (κ2) is 7.99. The molecule has 132 valence electrons. The number of ether oxygens (including phenoxy) is 1. The molecule has 3 rings (SSSR count). The van der Waals surface area contributed by atoms with Gasteiger partial charge in [-0.15, -0.1) is 0 Å². The van der Waals surface area contributed by atoms with Crippen LogP contribution in [-0.2, 0) is 17.8 Å². The predicted molar refractivity (Wildman–Crippen MR) is 94.8 cm³/mol. The molecule has 1 aromatic carbocycles. The fourth-order valence-corrected chi connectivity index (χ4v) is 3.69. The van der Waals surface area contributed by atoms with Gasteiger partial charge in [-0.05, 0) is 50.9 Å². The quantitative estimate of drug-likeness (QED) is 0.922. The molecule has 2 aliphatic rings. The van der Waals surface area contributed by atoms with Crippen molar-refractivity contribution in [3.05, 3.63) is 35.4 Å². The molecule has 0 radical (unpaired) electrons. The number of carbonyl (C=O) groups excluding carboxylic acids is 1. The summed E-state index contributed by atoms with van der Waals surface area (Å²) in [5.74, 6) is 0. The van der Waals surface area contributed by atoms with E-state index in [1.165, 1.54) is 37.1 Å². The summed E-state index contributed by atoms with van der Waals surface area (Å²) in [6.07, 6.45) is 2.79. The molecule has 0 spiro atoms. The maximum Gasteiger partial charge on any atom is 0.317 e. The maximum absolute atomic E-state index is 12.5. The Morgan fingerprint density at radius 1 is 1.12 bits per heavy atom. The first-order valence-electron chi connectivity index (χ1n) is 9.09. The second-order valence-electron chi connectivity index (χ2n) is 7.07. The van der Waals surface area contributed by atoms with E-state index in [2.05, 4.69) is 28.4 Å². The highest BCUT2D eigenvalue weighted by Crippen LogP contribution is 2.16. The van der Waals surface area contributed by atoms with E-state index in [0.29, 0.717) is 19.6 Å². The lowest BCUT2D eigenvalue weighted by Crippen LogP contribution is -2.51. The Kier molecular flexibility index (Phi) is 5.74. The van der Waals surface area contributed by atoms with E-state index in [4.69, 9.17) is 4.74 Å². The minimum absolute atomic E-state index is 0.00738. The molecule has 0 bridgehead atoms.